The number of benzene rings is 2. The number of ketones is 1. The van der Waals surface area contributed by atoms with Crippen molar-refractivity contribution in [1.82, 2.24) is 0 Å². The monoisotopic (exact) mass is 350 g/mol. The Labute approximate surface area is 156 Å². The summed E-state index contributed by atoms with van der Waals surface area (Å²) in [7, 11) is 4.32. The summed E-state index contributed by atoms with van der Waals surface area (Å²) in [5.74, 6) is 0.254. The third-order valence-corrected chi connectivity index (χ3v) is 4.75. The van der Waals surface area contributed by atoms with Crippen LogP contribution in [0.5, 0.6) is 0 Å². The highest BCUT2D eigenvalue weighted by atomic mass is 16.3. The summed E-state index contributed by atoms with van der Waals surface area (Å²) in [6, 6.07) is 12.2. The van der Waals surface area contributed by atoms with Gasteiger partial charge in [0.15, 0.2) is 5.78 Å². The van der Waals surface area contributed by atoms with Crippen LogP contribution < -0.4 is 0 Å². The topological polar surface area (TPSA) is 37.3 Å². The average molecular weight is 350 g/mol. The summed E-state index contributed by atoms with van der Waals surface area (Å²) in [6.07, 6.45) is 2.08. The van der Waals surface area contributed by atoms with Gasteiger partial charge in [-0.1, -0.05) is 49.6 Å². The average Bonchev–Trinajstić information content (AvgIpc) is 2.59. The van der Waals surface area contributed by atoms with E-state index in [0.717, 1.165) is 39.5 Å². The largest absolute Gasteiger partial charge is 0.508 e. The Hall–Kier alpha value is -2.65. The van der Waals surface area contributed by atoms with Crippen LogP contribution in [0.1, 0.15) is 29.8 Å². The van der Waals surface area contributed by atoms with E-state index < -0.39 is 0 Å². The number of carbonyl (C=O) groups is 1. The molecule has 0 radical (unpaired) electrons. The summed E-state index contributed by atoms with van der Waals surface area (Å²) in [6.45, 7) is 12.3. The molecule has 0 bridgehead atoms. The van der Waals surface area contributed by atoms with Crippen molar-refractivity contribution in [2.24, 2.45) is 0 Å². The number of carbonyl (C=O) groups excluding carboxylic acids is 1. The quantitative estimate of drug-likeness (QED) is 0.470. The molecule has 3 rings (SSSR count). The van der Waals surface area contributed by atoms with Crippen molar-refractivity contribution in [2.45, 2.75) is 13.8 Å². The molecule has 26 heavy (non-hydrogen) atoms. The molecule has 3 heteroatoms. The van der Waals surface area contributed by atoms with Crippen LogP contribution in [0.25, 0.3) is 16.8 Å². The molecule has 0 heterocycles. The predicted molar refractivity (Wildman–Crippen MR) is 110 cm³/mol. The molecule has 3 nitrogen and oxygen atoms in total. The summed E-state index contributed by atoms with van der Waals surface area (Å²) in [4.78, 5) is 12.7. The molecule has 136 valence electrons. The molecule has 0 amide bonds. The smallest absolute Gasteiger partial charge is 0.195 e. The van der Waals surface area contributed by atoms with Crippen LogP contribution in [0.3, 0.4) is 0 Å². The number of likely N-dealkylation sites (N-methyl/N-ethyl adjacent to an activating group) is 1. The molecule has 0 saturated heterocycles. The van der Waals surface area contributed by atoms with Gasteiger partial charge in [-0.25, -0.2) is 0 Å². The molecule has 2 aromatic rings. The van der Waals surface area contributed by atoms with Gasteiger partial charge in [-0.05, 0) is 36.4 Å². The van der Waals surface area contributed by atoms with E-state index in [1.807, 2.05) is 12.1 Å². The Morgan fingerprint density at radius 1 is 1.12 bits per heavy atom. The molecule has 0 aliphatic heterocycles. The van der Waals surface area contributed by atoms with Gasteiger partial charge in [0.05, 0.1) is 26.2 Å². The minimum atomic E-state index is 0.0648. The normalized spacial score (nSPS) is 12.9. The highest BCUT2D eigenvalue weighted by molar-refractivity contribution is 6.22. The molecule has 0 saturated carbocycles. The minimum Gasteiger partial charge on any atom is -0.508 e. The van der Waals surface area contributed by atoms with Crippen LogP contribution >= 0.6 is 0 Å². The molecule has 0 unspecified atom stereocenters. The van der Waals surface area contributed by atoms with Gasteiger partial charge in [0.25, 0.3) is 0 Å². The maximum Gasteiger partial charge on any atom is 0.195 e. The zero-order valence-corrected chi connectivity index (χ0v) is 16.2. The fourth-order valence-electron chi connectivity index (χ4n) is 2.80. The number of aliphatic hydroxyl groups excluding tert-OH is 1. The number of hydrogen-bond acceptors (Lipinski definition) is 2. The van der Waals surface area contributed by atoms with Crippen molar-refractivity contribution in [1.29, 1.82) is 0 Å². The van der Waals surface area contributed by atoms with E-state index in [9.17, 15) is 4.79 Å². The first-order valence-corrected chi connectivity index (χ1v) is 8.79. The Morgan fingerprint density at radius 2 is 1.69 bits per heavy atom. The second kappa shape index (κ2) is 7.71. The molecule has 0 atom stereocenters. The lowest BCUT2D eigenvalue weighted by Gasteiger charge is -2.30. The summed E-state index contributed by atoms with van der Waals surface area (Å²) in [5.41, 5.74) is 3.56. The van der Waals surface area contributed by atoms with Crippen molar-refractivity contribution < 1.29 is 14.4 Å². The highest BCUT2D eigenvalue weighted by Gasteiger charge is 2.26. The molecular formula is C23H28NO2+. The van der Waals surface area contributed by atoms with Crippen molar-refractivity contribution in [3.8, 4) is 0 Å². The third kappa shape index (κ3) is 4.30. The molecule has 0 fully saturated rings. The third-order valence-electron chi connectivity index (χ3n) is 4.75. The molecule has 0 spiro atoms. The zero-order chi connectivity index (χ0) is 19.5. The van der Waals surface area contributed by atoms with Crippen LogP contribution in [0.4, 0.5) is 0 Å². The second-order valence-corrected chi connectivity index (χ2v) is 7.39. The van der Waals surface area contributed by atoms with E-state index in [2.05, 4.69) is 64.5 Å². The van der Waals surface area contributed by atoms with Gasteiger partial charge in [-0.2, -0.15) is 0 Å². The number of Topliss-reactive ketones (excluding diaryl/α,β-unsaturated/α-hetero) is 1. The SMILES string of the molecule is C=C(C)C(=C)O.CC[N+](C)(C)CC1=Cc2cccc3cccc(c23)C1=O. The molecule has 2 aromatic carbocycles. The van der Waals surface area contributed by atoms with Crippen LogP contribution in [-0.4, -0.2) is 42.6 Å². The zero-order valence-electron chi connectivity index (χ0n) is 16.2. The van der Waals surface area contributed by atoms with Gasteiger partial charge in [-0.3, -0.25) is 4.79 Å². The Morgan fingerprint density at radius 3 is 2.23 bits per heavy atom. The van der Waals surface area contributed by atoms with Crippen molar-refractivity contribution in [3.63, 3.8) is 0 Å². The molecular weight excluding hydrogens is 322 g/mol. The fraction of sp³-hybridized carbons (Fsp3) is 0.261. The van der Waals surface area contributed by atoms with E-state index in [0.29, 0.717) is 5.57 Å². The van der Waals surface area contributed by atoms with Crippen LogP contribution in [0.2, 0.25) is 0 Å². The van der Waals surface area contributed by atoms with Gasteiger partial charge in [-0.15, -0.1) is 0 Å². The molecule has 1 aliphatic carbocycles. The van der Waals surface area contributed by atoms with Crippen molar-refractivity contribution >= 4 is 22.6 Å². The first kappa shape index (κ1) is 19.7. The lowest BCUT2D eigenvalue weighted by Crippen LogP contribution is -2.42. The lowest BCUT2D eigenvalue weighted by molar-refractivity contribution is -0.883. The summed E-state index contributed by atoms with van der Waals surface area (Å²) >= 11 is 0. The first-order valence-electron chi connectivity index (χ1n) is 8.79. The van der Waals surface area contributed by atoms with Gasteiger partial charge < -0.3 is 9.59 Å². The van der Waals surface area contributed by atoms with Gasteiger partial charge in [0.2, 0.25) is 0 Å². The summed E-state index contributed by atoms with van der Waals surface area (Å²) in [5, 5.41) is 10.6. The minimum absolute atomic E-state index is 0.0648. The van der Waals surface area contributed by atoms with Gasteiger partial charge >= 0.3 is 0 Å². The van der Waals surface area contributed by atoms with E-state index in [4.69, 9.17) is 5.11 Å². The second-order valence-electron chi connectivity index (χ2n) is 7.39. The standard InChI is InChI=1S/C18H20NO.C5H8O/c1-4-19(2,3)12-15-11-14-9-5-7-13-8-6-10-16(17(13)14)18(15)20;1-4(2)5(3)6/h5-11H,4,12H2,1-3H3;6H,1,3H2,2H3/q+1;. The highest BCUT2D eigenvalue weighted by Crippen LogP contribution is 2.31. The Balaban J connectivity index is 0.000000352. The van der Waals surface area contributed by atoms with Gasteiger partial charge in [0, 0.05) is 10.9 Å². The van der Waals surface area contributed by atoms with Crippen molar-refractivity contribution in [3.05, 3.63) is 77.6 Å². The maximum absolute atomic E-state index is 12.7. The van der Waals surface area contributed by atoms with Crippen LogP contribution in [-0.2, 0) is 0 Å². The fourth-order valence-corrected chi connectivity index (χ4v) is 2.80. The number of quaternary nitrogens is 1. The Bertz CT molecular complexity index is 886. The number of aliphatic hydroxyl groups is 1. The van der Waals surface area contributed by atoms with E-state index in [1.54, 1.807) is 6.92 Å². The number of rotatable bonds is 4. The van der Waals surface area contributed by atoms with E-state index in [1.165, 1.54) is 5.56 Å². The molecule has 0 aromatic heterocycles. The number of hydrogen-bond donors (Lipinski definition) is 1. The van der Waals surface area contributed by atoms with Gasteiger partial charge in [0.1, 0.15) is 12.3 Å². The molecule has 1 aliphatic rings. The summed E-state index contributed by atoms with van der Waals surface area (Å²) < 4.78 is 0.829. The Kier molecular flexibility index (Phi) is 5.83. The lowest BCUT2D eigenvalue weighted by atomic mass is 9.87. The maximum atomic E-state index is 12.7. The number of allylic oxidation sites excluding steroid dienone is 1. The van der Waals surface area contributed by atoms with Crippen LogP contribution in [0.15, 0.2) is 66.5 Å². The van der Waals surface area contributed by atoms with E-state index >= 15 is 0 Å². The number of nitrogens with zero attached hydrogens (tertiary/aromatic N) is 1. The van der Waals surface area contributed by atoms with E-state index in [-0.39, 0.29) is 11.5 Å². The first-order chi connectivity index (χ1) is 12.2. The predicted octanol–water partition coefficient (Wildman–Crippen LogP) is 5.15. The van der Waals surface area contributed by atoms with Crippen molar-refractivity contribution in [2.75, 3.05) is 27.2 Å². The van der Waals surface area contributed by atoms with Crippen LogP contribution in [0, 0.1) is 0 Å². The molecule has 1 N–H and O–H groups in total.